The summed E-state index contributed by atoms with van der Waals surface area (Å²) in [5.74, 6) is 0.771. The molecule has 0 bridgehead atoms. The summed E-state index contributed by atoms with van der Waals surface area (Å²) in [5.41, 5.74) is 0.874. The minimum atomic E-state index is -0.186. The average molecular weight is 432 g/mol. The van der Waals surface area contributed by atoms with Gasteiger partial charge in [0.05, 0.1) is 18.3 Å². The number of halogens is 1. The van der Waals surface area contributed by atoms with Crippen LogP contribution in [-0.2, 0) is 0 Å². The fourth-order valence-electron chi connectivity index (χ4n) is 3.23. The molecule has 1 saturated heterocycles. The summed E-state index contributed by atoms with van der Waals surface area (Å²) in [4.78, 5) is 7.47. The second kappa shape index (κ2) is 8.53. The highest BCUT2D eigenvalue weighted by Gasteiger charge is 2.41. The normalized spacial score (nSPS) is 19.1. The fraction of sp³-hybridized carbons (Fsp3) is 0.200. The van der Waals surface area contributed by atoms with Crippen molar-refractivity contribution in [2.75, 3.05) is 13.2 Å². The maximum Gasteiger partial charge on any atom is 0.170 e. The molecule has 2 atom stereocenters. The number of pyridine rings is 1. The van der Waals surface area contributed by atoms with Crippen LogP contribution in [-0.4, -0.2) is 33.3 Å². The molecule has 3 aromatic rings. The van der Waals surface area contributed by atoms with Gasteiger partial charge < -0.3 is 19.7 Å². The second-order valence-electron chi connectivity index (χ2n) is 6.26. The van der Waals surface area contributed by atoms with Gasteiger partial charge >= 0.3 is 0 Å². The maximum atomic E-state index is 9.50. The highest BCUT2D eigenvalue weighted by Crippen LogP contribution is 2.41. The largest absolute Gasteiger partial charge is 0.452 e. The Morgan fingerprint density at radius 1 is 1.18 bits per heavy atom. The van der Waals surface area contributed by atoms with E-state index in [0.717, 1.165) is 21.4 Å². The summed E-state index contributed by atoms with van der Waals surface area (Å²) in [6.07, 6.45) is 1.76. The Labute approximate surface area is 177 Å². The number of hydrogen-bond acceptors (Lipinski definition) is 5. The minimum Gasteiger partial charge on any atom is -0.452 e. The van der Waals surface area contributed by atoms with Crippen molar-refractivity contribution < 1.29 is 9.52 Å². The van der Waals surface area contributed by atoms with Gasteiger partial charge in [0.15, 0.2) is 10.2 Å². The summed E-state index contributed by atoms with van der Waals surface area (Å²) in [5, 5.41) is 14.9. The first-order chi connectivity index (χ1) is 13.7. The summed E-state index contributed by atoms with van der Waals surface area (Å²) in [6, 6.07) is 17.0. The lowest BCUT2D eigenvalue weighted by atomic mass is 10.0. The second-order valence-corrected chi connectivity index (χ2v) is 8.16. The zero-order chi connectivity index (χ0) is 19.5. The van der Waals surface area contributed by atoms with Crippen molar-refractivity contribution in [1.29, 1.82) is 0 Å². The number of aromatic nitrogens is 1. The lowest BCUT2D eigenvalue weighted by Gasteiger charge is -2.25. The first kappa shape index (κ1) is 19.3. The van der Waals surface area contributed by atoms with Crippen LogP contribution in [0.2, 0.25) is 5.02 Å². The topological polar surface area (TPSA) is 61.5 Å². The first-order valence-corrected chi connectivity index (χ1v) is 10.4. The van der Waals surface area contributed by atoms with E-state index in [1.807, 2.05) is 59.5 Å². The third kappa shape index (κ3) is 4.03. The summed E-state index contributed by atoms with van der Waals surface area (Å²) in [7, 11) is 0. The molecule has 1 fully saturated rings. The van der Waals surface area contributed by atoms with Gasteiger partial charge in [0, 0.05) is 22.7 Å². The number of thiocarbonyl (C=S) groups is 1. The van der Waals surface area contributed by atoms with Gasteiger partial charge in [0.25, 0.3) is 0 Å². The Morgan fingerprint density at radius 2 is 2.00 bits per heavy atom. The summed E-state index contributed by atoms with van der Waals surface area (Å²) in [6.45, 7) is 0.417. The lowest BCUT2D eigenvalue weighted by molar-refractivity contribution is 0.204. The molecule has 0 spiro atoms. The molecule has 1 aromatic carbocycles. The Hall–Kier alpha value is -2.06. The minimum absolute atomic E-state index is 0.000346. The predicted molar refractivity (Wildman–Crippen MR) is 114 cm³/mol. The van der Waals surface area contributed by atoms with Gasteiger partial charge in [-0.25, -0.2) is 0 Å². The molecule has 0 saturated carbocycles. The van der Waals surface area contributed by atoms with Crippen molar-refractivity contribution in [1.82, 2.24) is 15.2 Å². The standard InChI is InChI=1S/C20H18ClN3O2S2/c21-13-4-6-14(7-5-13)28-17-9-8-16(26-17)19-18(15-3-1-2-10-22-15)23-20(27)24(19)11-12-25/h1-10,18-19,25H,11-12H2,(H,23,27)/t18-,19-/m0/s1. The molecule has 3 heterocycles. The zero-order valence-corrected chi connectivity index (χ0v) is 17.2. The summed E-state index contributed by atoms with van der Waals surface area (Å²) < 4.78 is 6.16. The Kier molecular flexibility index (Phi) is 5.87. The maximum absolute atomic E-state index is 9.50. The molecule has 8 heteroatoms. The Balaban J connectivity index is 1.63. The number of aliphatic hydroxyl groups excluding tert-OH is 1. The fourth-order valence-corrected chi connectivity index (χ4v) is 4.47. The van der Waals surface area contributed by atoms with Gasteiger partial charge in [-0.05, 0) is 60.7 Å². The van der Waals surface area contributed by atoms with E-state index in [4.69, 9.17) is 28.2 Å². The van der Waals surface area contributed by atoms with Crippen molar-refractivity contribution >= 4 is 40.7 Å². The lowest BCUT2D eigenvalue weighted by Crippen LogP contribution is -2.32. The van der Waals surface area contributed by atoms with Crippen molar-refractivity contribution in [3.8, 4) is 0 Å². The number of rotatable bonds is 6. The molecule has 0 radical (unpaired) electrons. The molecule has 0 unspecified atom stereocenters. The number of benzene rings is 1. The smallest absolute Gasteiger partial charge is 0.170 e. The van der Waals surface area contributed by atoms with Crippen LogP contribution in [0.25, 0.3) is 0 Å². The molecule has 28 heavy (non-hydrogen) atoms. The van der Waals surface area contributed by atoms with Crippen LogP contribution in [0, 0.1) is 0 Å². The number of hydrogen-bond donors (Lipinski definition) is 2. The molecule has 0 amide bonds. The monoisotopic (exact) mass is 431 g/mol. The van der Waals surface area contributed by atoms with Crippen LogP contribution < -0.4 is 5.32 Å². The van der Waals surface area contributed by atoms with E-state index < -0.39 is 0 Å². The molecule has 1 aliphatic heterocycles. The van der Waals surface area contributed by atoms with Crippen LogP contribution >= 0.6 is 35.6 Å². The van der Waals surface area contributed by atoms with Crippen LogP contribution in [0.3, 0.4) is 0 Å². The molecular weight excluding hydrogens is 414 g/mol. The third-order valence-electron chi connectivity index (χ3n) is 4.46. The molecule has 144 valence electrons. The van der Waals surface area contributed by atoms with E-state index in [9.17, 15) is 5.11 Å². The number of nitrogens with zero attached hydrogens (tertiary/aromatic N) is 2. The van der Waals surface area contributed by atoms with E-state index >= 15 is 0 Å². The van der Waals surface area contributed by atoms with Crippen LogP contribution in [0.4, 0.5) is 0 Å². The molecule has 2 aromatic heterocycles. The number of aliphatic hydroxyl groups is 1. The predicted octanol–water partition coefficient (Wildman–Crippen LogP) is 4.44. The van der Waals surface area contributed by atoms with E-state index in [0.29, 0.717) is 16.7 Å². The molecule has 4 rings (SSSR count). The molecular formula is C20H18ClN3O2S2. The van der Waals surface area contributed by atoms with Gasteiger partial charge in [-0.2, -0.15) is 0 Å². The van der Waals surface area contributed by atoms with E-state index in [2.05, 4.69) is 10.3 Å². The third-order valence-corrected chi connectivity index (χ3v) is 6.00. The zero-order valence-electron chi connectivity index (χ0n) is 14.8. The van der Waals surface area contributed by atoms with Crippen molar-refractivity contribution in [2.45, 2.75) is 22.1 Å². The van der Waals surface area contributed by atoms with Crippen molar-refractivity contribution in [3.05, 3.63) is 77.3 Å². The molecule has 0 aliphatic carbocycles. The first-order valence-electron chi connectivity index (χ1n) is 8.78. The van der Waals surface area contributed by atoms with E-state index in [-0.39, 0.29) is 18.7 Å². The van der Waals surface area contributed by atoms with Crippen molar-refractivity contribution in [2.24, 2.45) is 0 Å². The van der Waals surface area contributed by atoms with Crippen molar-refractivity contribution in [3.63, 3.8) is 0 Å². The molecule has 5 nitrogen and oxygen atoms in total. The van der Waals surface area contributed by atoms with Gasteiger partial charge in [0.1, 0.15) is 11.8 Å². The van der Waals surface area contributed by atoms with Gasteiger partial charge in [0.2, 0.25) is 0 Å². The van der Waals surface area contributed by atoms with E-state index in [1.54, 1.807) is 6.20 Å². The van der Waals surface area contributed by atoms with Crippen LogP contribution in [0.5, 0.6) is 0 Å². The molecule has 2 N–H and O–H groups in total. The quantitative estimate of drug-likeness (QED) is 0.559. The van der Waals surface area contributed by atoms with Crippen LogP contribution in [0.1, 0.15) is 23.5 Å². The Bertz CT molecular complexity index is 950. The number of furan rings is 1. The van der Waals surface area contributed by atoms with Gasteiger partial charge in [-0.3, -0.25) is 4.98 Å². The highest BCUT2D eigenvalue weighted by atomic mass is 35.5. The average Bonchev–Trinajstić information content (AvgIpc) is 3.29. The SMILES string of the molecule is OCCN1C(=S)N[C@@H](c2ccccn2)[C@@H]1c1ccc(Sc2ccc(Cl)cc2)o1. The summed E-state index contributed by atoms with van der Waals surface area (Å²) >= 11 is 13.0. The van der Waals surface area contributed by atoms with Gasteiger partial charge in [-0.1, -0.05) is 29.4 Å². The van der Waals surface area contributed by atoms with E-state index in [1.165, 1.54) is 11.8 Å². The Morgan fingerprint density at radius 3 is 2.71 bits per heavy atom. The number of β-amino-alcohol motifs (C(OH)–C–C–N with tert-alkyl or cyclic N) is 1. The highest BCUT2D eigenvalue weighted by molar-refractivity contribution is 7.99. The number of nitrogens with one attached hydrogen (secondary N) is 1. The molecule has 1 aliphatic rings. The van der Waals surface area contributed by atoms with Crippen LogP contribution in [0.15, 0.2) is 75.2 Å². The van der Waals surface area contributed by atoms with Gasteiger partial charge in [-0.15, -0.1) is 0 Å².